The minimum Gasteiger partial charge on any atom is -0.326 e. The lowest BCUT2D eigenvalue weighted by Gasteiger charge is -2.04. The highest BCUT2D eigenvalue weighted by molar-refractivity contribution is 7.14. The Hall–Kier alpha value is -3.00. The number of amides is 2. The number of carbonyl (C=O) groups excluding carboxylic acids is 2. The minimum atomic E-state index is -0.113. The number of carbonyl (C=O) groups is 2. The fraction of sp³-hybridized carbons (Fsp3) is 0.300. The lowest BCUT2D eigenvalue weighted by Crippen LogP contribution is -2.15. The van der Waals surface area contributed by atoms with Crippen molar-refractivity contribution in [3.8, 4) is 11.3 Å². The molecule has 3 aromatic rings. The number of aromatic nitrogens is 3. The Labute approximate surface area is 167 Å². The predicted molar refractivity (Wildman–Crippen MR) is 111 cm³/mol. The molecule has 0 fully saturated rings. The Morgan fingerprint density at radius 2 is 1.82 bits per heavy atom. The van der Waals surface area contributed by atoms with Gasteiger partial charge in [-0.15, -0.1) is 11.3 Å². The van der Waals surface area contributed by atoms with E-state index in [1.807, 2.05) is 57.5 Å². The Kier molecular flexibility index (Phi) is 5.89. The molecule has 0 aliphatic heterocycles. The summed E-state index contributed by atoms with van der Waals surface area (Å²) in [6, 6.07) is 7.48. The van der Waals surface area contributed by atoms with Gasteiger partial charge in [-0.25, -0.2) is 4.98 Å². The molecule has 0 spiro atoms. The van der Waals surface area contributed by atoms with Crippen LogP contribution in [-0.4, -0.2) is 26.6 Å². The Balaban J connectivity index is 1.65. The van der Waals surface area contributed by atoms with E-state index in [4.69, 9.17) is 0 Å². The van der Waals surface area contributed by atoms with Crippen molar-refractivity contribution in [2.24, 2.45) is 7.05 Å². The van der Waals surface area contributed by atoms with Gasteiger partial charge in [0.1, 0.15) is 0 Å². The van der Waals surface area contributed by atoms with E-state index in [0.29, 0.717) is 11.6 Å². The van der Waals surface area contributed by atoms with Crippen molar-refractivity contribution >= 4 is 34.0 Å². The zero-order chi connectivity index (χ0) is 20.3. The van der Waals surface area contributed by atoms with Gasteiger partial charge in [0.15, 0.2) is 5.13 Å². The van der Waals surface area contributed by atoms with Crippen molar-refractivity contribution in [2.75, 3.05) is 10.6 Å². The molecule has 0 saturated carbocycles. The van der Waals surface area contributed by atoms with Crippen molar-refractivity contribution in [1.82, 2.24) is 14.8 Å². The van der Waals surface area contributed by atoms with E-state index in [9.17, 15) is 9.59 Å². The minimum absolute atomic E-state index is 0.0227. The topological polar surface area (TPSA) is 88.9 Å². The first-order chi connectivity index (χ1) is 13.4. The second kappa shape index (κ2) is 8.35. The molecule has 2 aromatic heterocycles. The Bertz CT molecular complexity index is 1000. The standard InChI is InChI=1S/C20H23N5O2S/c1-5-18(26)21-15-8-6-14(7-9-15)17-11-28-20(22-17)23-19(27)10-16-12(2)24-25(4)13(16)3/h6-9,11H,5,10H2,1-4H3,(H,21,26)(H,22,23,27). The molecular weight excluding hydrogens is 374 g/mol. The normalized spacial score (nSPS) is 10.7. The van der Waals surface area contributed by atoms with Gasteiger partial charge in [0.25, 0.3) is 0 Å². The molecule has 3 rings (SSSR count). The fourth-order valence-corrected chi connectivity index (χ4v) is 3.57. The van der Waals surface area contributed by atoms with Crippen LogP contribution in [0.3, 0.4) is 0 Å². The van der Waals surface area contributed by atoms with Crippen LogP contribution in [0.2, 0.25) is 0 Å². The SMILES string of the molecule is CCC(=O)Nc1ccc(-c2csc(NC(=O)Cc3c(C)nn(C)c3C)n2)cc1. The van der Waals surface area contributed by atoms with E-state index in [0.717, 1.165) is 33.9 Å². The summed E-state index contributed by atoms with van der Waals surface area (Å²) in [6.07, 6.45) is 0.710. The first-order valence-corrected chi connectivity index (χ1v) is 9.90. The smallest absolute Gasteiger partial charge is 0.230 e. The predicted octanol–water partition coefficient (Wildman–Crippen LogP) is 3.69. The molecule has 146 valence electrons. The molecule has 0 aliphatic rings. The highest BCUT2D eigenvalue weighted by Crippen LogP contribution is 2.26. The molecule has 0 radical (unpaired) electrons. The van der Waals surface area contributed by atoms with Crippen molar-refractivity contribution in [3.63, 3.8) is 0 Å². The molecule has 0 unspecified atom stereocenters. The summed E-state index contributed by atoms with van der Waals surface area (Å²) in [4.78, 5) is 28.3. The van der Waals surface area contributed by atoms with E-state index in [1.165, 1.54) is 11.3 Å². The van der Waals surface area contributed by atoms with Crippen LogP contribution in [0.25, 0.3) is 11.3 Å². The van der Waals surface area contributed by atoms with Gasteiger partial charge in [-0.05, 0) is 26.0 Å². The zero-order valence-electron chi connectivity index (χ0n) is 16.4. The maximum Gasteiger partial charge on any atom is 0.230 e. The molecule has 0 saturated heterocycles. The lowest BCUT2D eigenvalue weighted by atomic mass is 10.1. The summed E-state index contributed by atoms with van der Waals surface area (Å²) in [5.41, 5.74) is 5.25. The van der Waals surface area contributed by atoms with Gasteiger partial charge >= 0.3 is 0 Å². The van der Waals surface area contributed by atoms with E-state index in [1.54, 1.807) is 4.68 Å². The Morgan fingerprint density at radius 1 is 1.11 bits per heavy atom. The van der Waals surface area contributed by atoms with Crippen LogP contribution in [0.4, 0.5) is 10.8 Å². The van der Waals surface area contributed by atoms with Crippen LogP contribution in [0, 0.1) is 13.8 Å². The van der Waals surface area contributed by atoms with Gasteiger partial charge in [-0.3, -0.25) is 14.3 Å². The summed E-state index contributed by atoms with van der Waals surface area (Å²) in [5.74, 6) is -0.136. The van der Waals surface area contributed by atoms with E-state index >= 15 is 0 Å². The third-order valence-electron chi connectivity index (χ3n) is 4.53. The molecule has 0 atom stereocenters. The van der Waals surface area contributed by atoms with Crippen LogP contribution in [0.5, 0.6) is 0 Å². The zero-order valence-corrected chi connectivity index (χ0v) is 17.2. The summed E-state index contributed by atoms with van der Waals surface area (Å²) in [5, 5.41) is 12.5. The number of anilines is 2. The van der Waals surface area contributed by atoms with Crippen molar-refractivity contribution < 1.29 is 9.59 Å². The molecule has 7 nitrogen and oxygen atoms in total. The van der Waals surface area contributed by atoms with Gasteiger partial charge in [0.2, 0.25) is 11.8 Å². The molecule has 2 N–H and O–H groups in total. The quantitative estimate of drug-likeness (QED) is 0.664. The third kappa shape index (κ3) is 4.45. The molecule has 2 amide bonds. The summed E-state index contributed by atoms with van der Waals surface area (Å²) in [7, 11) is 1.87. The summed E-state index contributed by atoms with van der Waals surface area (Å²) < 4.78 is 1.78. The fourth-order valence-electron chi connectivity index (χ4n) is 2.83. The van der Waals surface area contributed by atoms with Crippen LogP contribution in [0.1, 0.15) is 30.3 Å². The van der Waals surface area contributed by atoms with Crippen LogP contribution in [0.15, 0.2) is 29.6 Å². The monoisotopic (exact) mass is 397 g/mol. The Morgan fingerprint density at radius 3 is 2.43 bits per heavy atom. The number of hydrogen-bond acceptors (Lipinski definition) is 5. The number of thiazole rings is 1. The van der Waals surface area contributed by atoms with Crippen molar-refractivity contribution in [2.45, 2.75) is 33.6 Å². The largest absolute Gasteiger partial charge is 0.326 e. The summed E-state index contributed by atoms with van der Waals surface area (Å²) >= 11 is 1.38. The molecule has 1 aromatic carbocycles. The molecule has 28 heavy (non-hydrogen) atoms. The number of benzene rings is 1. The number of rotatable bonds is 6. The van der Waals surface area contributed by atoms with Gasteiger partial charge in [-0.1, -0.05) is 19.1 Å². The third-order valence-corrected chi connectivity index (χ3v) is 5.29. The number of aryl methyl sites for hydroxylation is 2. The van der Waals surface area contributed by atoms with E-state index < -0.39 is 0 Å². The van der Waals surface area contributed by atoms with Crippen LogP contribution >= 0.6 is 11.3 Å². The average Bonchev–Trinajstić information content (AvgIpc) is 3.22. The molecule has 0 bridgehead atoms. The highest BCUT2D eigenvalue weighted by atomic mass is 32.1. The van der Waals surface area contributed by atoms with Gasteiger partial charge < -0.3 is 10.6 Å². The number of hydrogen-bond donors (Lipinski definition) is 2. The lowest BCUT2D eigenvalue weighted by molar-refractivity contribution is -0.116. The van der Waals surface area contributed by atoms with Crippen molar-refractivity contribution in [1.29, 1.82) is 0 Å². The number of nitrogens with one attached hydrogen (secondary N) is 2. The van der Waals surface area contributed by atoms with Crippen LogP contribution in [-0.2, 0) is 23.1 Å². The first kappa shape index (κ1) is 19.8. The first-order valence-electron chi connectivity index (χ1n) is 9.02. The van der Waals surface area contributed by atoms with E-state index in [-0.39, 0.29) is 18.2 Å². The van der Waals surface area contributed by atoms with Gasteiger partial charge in [0, 0.05) is 41.4 Å². The van der Waals surface area contributed by atoms with Gasteiger partial charge in [-0.2, -0.15) is 5.10 Å². The van der Waals surface area contributed by atoms with Crippen LogP contribution < -0.4 is 10.6 Å². The molecular formula is C20H23N5O2S. The van der Waals surface area contributed by atoms with Crippen molar-refractivity contribution in [3.05, 3.63) is 46.6 Å². The molecule has 2 heterocycles. The highest BCUT2D eigenvalue weighted by Gasteiger charge is 2.15. The van der Waals surface area contributed by atoms with Gasteiger partial charge in [0.05, 0.1) is 17.8 Å². The number of nitrogens with zero attached hydrogens (tertiary/aromatic N) is 3. The summed E-state index contributed by atoms with van der Waals surface area (Å²) in [6.45, 7) is 5.67. The maximum absolute atomic E-state index is 12.4. The van der Waals surface area contributed by atoms with E-state index in [2.05, 4.69) is 20.7 Å². The average molecular weight is 398 g/mol. The molecule has 0 aliphatic carbocycles. The second-order valence-electron chi connectivity index (χ2n) is 6.51. The maximum atomic E-state index is 12.4. The second-order valence-corrected chi connectivity index (χ2v) is 7.37. The molecule has 8 heteroatoms.